The molecule has 8 heteroatoms. The quantitative estimate of drug-likeness (QED) is 0.571. The second kappa shape index (κ2) is 10.5. The summed E-state index contributed by atoms with van der Waals surface area (Å²) in [4.78, 5) is -0.161. The van der Waals surface area contributed by atoms with Crippen LogP contribution in [0.3, 0.4) is 0 Å². The van der Waals surface area contributed by atoms with Gasteiger partial charge in [0.1, 0.15) is 17.3 Å². The van der Waals surface area contributed by atoms with Crippen molar-refractivity contribution in [3.05, 3.63) is 48.0 Å². The largest absolute Gasteiger partial charge is 0.495 e. The van der Waals surface area contributed by atoms with Gasteiger partial charge >= 0.3 is 0 Å². The number of rotatable bonds is 11. The Labute approximate surface area is 181 Å². The fraction of sp³-hybridized carbons (Fsp3) is 0.429. The van der Waals surface area contributed by atoms with Crippen molar-refractivity contribution in [3.8, 4) is 17.2 Å². The van der Waals surface area contributed by atoms with E-state index in [1.165, 1.54) is 31.4 Å². The summed E-state index contributed by atoms with van der Waals surface area (Å²) in [6, 6.07) is 10.2. The molecule has 2 atom stereocenters. The summed E-state index contributed by atoms with van der Waals surface area (Å²) in [7, 11) is -2.67. The van der Waals surface area contributed by atoms with Crippen molar-refractivity contribution in [1.29, 1.82) is 0 Å². The van der Waals surface area contributed by atoms with Crippen LogP contribution in [0.5, 0.6) is 17.2 Å². The minimum absolute atomic E-state index is 0.00118. The predicted octanol–water partition coefficient (Wildman–Crippen LogP) is 2.73. The van der Waals surface area contributed by atoms with Gasteiger partial charge in [0, 0.05) is 19.4 Å². The van der Waals surface area contributed by atoms with Crippen molar-refractivity contribution >= 4 is 10.0 Å². The molecule has 0 aliphatic heterocycles. The van der Waals surface area contributed by atoms with Crippen molar-refractivity contribution in [2.75, 3.05) is 20.2 Å². The van der Waals surface area contributed by atoms with Crippen LogP contribution in [-0.4, -0.2) is 40.8 Å². The highest BCUT2D eigenvalue weighted by atomic mass is 32.2. The first kappa shape index (κ1) is 15.5. The summed E-state index contributed by atoms with van der Waals surface area (Å²) in [6.45, 7) is -2.35. The second-order valence-corrected chi connectivity index (χ2v) is 7.88. The topological polar surface area (TPSA) is 99.9 Å². The summed E-state index contributed by atoms with van der Waals surface area (Å²) in [5.74, 6) is 0.198. The summed E-state index contributed by atoms with van der Waals surface area (Å²) < 4.78 is 86.4. The van der Waals surface area contributed by atoms with E-state index >= 15 is 0 Å². The number of hydrogen-bond acceptors (Lipinski definition) is 6. The molecule has 0 saturated carbocycles. The smallest absolute Gasteiger partial charge is 0.241 e. The Bertz CT molecular complexity index is 1130. The number of para-hydroxylation sites is 2. The molecule has 0 fully saturated rings. The van der Waals surface area contributed by atoms with Gasteiger partial charge in [-0.3, -0.25) is 0 Å². The molecule has 2 aromatic carbocycles. The molecule has 0 heterocycles. The second-order valence-electron chi connectivity index (χ2n) is 6.35. The Balaban J connectivity index is 2.07. The van der Waals surface area contributed by atoms with Crippen molar-refractivity contribution < 1.29 is 30.9 Å². The van der Waals surface area contributed by atoms with E-state index in [0.717, 1.165) is 6.92 Å². The van der Waals surface area contributed by atoms with E-state index in [1.807, 2.05) is 0 Å². The molecule has 29 heavy (non-hydrogen) atoms. The summed E-state index contributed by atoms with van der Waals surface area (Å²) in [6.07, 6.45) is -1.95. The van der Waals surface area contributed by atoms with Crippen molar-refractivity contribution in [2.24, 2.45) is 5.14 Å². The molecule has 1 unspecified atom stereocenters. The number of sulfonamides is 1. The molecule has 3 N–H and O–H groups in total. The number of nitrogens with one attached hydrogen (secondary N) is 1. The van der Waals surface area contributed by atoms with Gasteiger partial charge in [-0.05, 0) is 56.9 Å². The first-order valence-corrected chi connectivity index (χ1v) is 10.4. The molecular formula is C21H30N2O5S. The molecule has 2 rings (SSSR count). The van der Waals surface area contributed by atoms with Crippen LogP contribution >= 0.6 is 0 Å². The lowest BCUT2D eigenvalue weighted by atomic mass is 10.1. The van der Waals surface area contributed by atoms with Crippen molar-refractivity contribution in [3.63, 3.8) is 0 Å². The lowest BCUT2D eigenvalue weighted by Gasteiger charge is -2.17. The SMILES string of the molecule is [2H]C([2H])(COc1ccccc1OC([2H])(C)C([2H])([2H])[2H])N[C@H](C)Cc1ccc(OC)c(S(N)(=O)=O)c1. The standard InChI is InChI=1S/C21H30N2O5S/c1-15(2)28-19-8-6-5-7-18(19)27-12-11-23-16(3)13-17-9-10-20(26-4)21(14-17)29(22,24)25/h5-10,14-16,23H,11-13H2,1-4H3,(H2,22,24,25)/t16-/m1/s1/i1D3,11D2,15D/t15?,16-. The van der Waals surface area contributed by atoms with E-state index in [2.05, 4.69) is 5.32 Å². The maximum Gasteiger partial charge on any atom is 0.241 e. The highest BCUT2D eigenvalue weighted by Crippen LogP contribution is 2.27. The van der Waals surface area contributed by atoms with Crippen molar-refractivity contribution in [1.82, 2.24) is 5.32 Å². The van der Waals surface area contributed by atoms with E-state index in [9.17, 15) is 8.42 Å². The lowest BCUT2D eigenvalue weighted by Crippen LogP contribution is -2.32. The van der Waals surface area contributed by atoms with Crippen LogP contribution in [-0.2, 0) is 16.4 Å². The Hall–Kier alpha value is -2.29. The Kier molecular flexibility index (Phi) is 5.61. The Morgan fingerprint density at radius 3 is 2.59 bits per heavy atom. The van der Waals surface area contributed by atoms with Gasteiger partial charge in [0.2, 0.25) is 10.0 Å². The van der Waals surface area contributed by atoms with Crippen molar-refractivity contribution in [2.45, 2.75) is 44.1 Å². The minimum Gasteiger partial charge on any atom is -0.495 e. The third kappa shape index (κ3) is 7.23. The maximum atomic E-state index is 11.8. The first-order valence-electron chi connectivity index (χ1n) is 11.8. The van der Waals surface area contributed by atoms with E-state index < -0.39 is 42.1 Å². The molecule has 0 aliphatic rings. The highest BCUT2D eigenvalue weighted by molar-refractivity contribution is 7.89. The van der Waals surface area contributed by atoms with Crippen LogP contribution in [0.4, 0.5) is 0 Å². The zero-order valence-corrected chi connectivity index (χ0v) is 17.4. The Morgan fingerprint density at radius 1 is 1.21 bits per heavy atom. The van der Waals surface area contributed by atoms with Gasteiger partial charge in [0.15, 0.2) is 11.5 Å². The summed E-state index contributed by atoms with van der Waals surface area (Å²) >= 11 is 0. The van der Waals surface area contributed by atoms with Gasteiger partial charge < -0.3 is 19.5 Å². The summed E-state index contributed by atoms with van der Waals surface area (Å²) in [5, 5.41) is 8.03. The predicted molar refractivity (Wildman–Crippen MR) is 113 cm³/mol. The molecule has 0 spiro atoms. The normalized spacial score (nSPS) is 18.6. The molecule has 0 aliphatic carbocycles. The maximum absolute atomic E-state index is 11.8. The van der Waals surface area contributed by atoms with Crippen LogP contribution in [0.15, 0.2) is 47.4 Å². The average molecular weight is 429 g/mol. The van der Waals surface area contributed by atoms with Crippen LogP contribution < -0.4 is 24.7 Å². The molecule has 7 nitrogen and oxygen atoms in total. The molecule has 0 bridgehead atoms. The molecule has 0 saturated heterocycles. The van der Waals surface area contributed by atoms with Crippen LogP contribution in [0.1, 0.15) is 34.5 Å². The highest BCUT2D eigenvalue weighted by Gasteiger charge is 2.16. The number of hydrogen-bond donors (Lipinski definition) is 2. The van der Waals surface area contributed by atoms with E-state index in [0.29, 0.717) is 5.56 Å². The number of nitrogens with two attached hydrogens (primary N) is 1. The van der Waals surface area contributed by atoms with E-state index in [-0.39, 0.29) is 28.6 Å². The number of methoxy groups -OCH3 is 1. The average Bonchev–Trinajstić information content (AvgIpc) is 2.71. The number of benzene rings is 2. The monoisotopic (exact) mass is 428 g/mol. The fourth-order valence-corrected chi connectivity index (χ4v) is 3.37. The van der Waals surface area contributed by atoms with E-state index in [4.69, 9.17) is 27.6 Å². The van der Waals surface area contributed by atoms with Crippen LogP contribution in [0.25, 0.3) is 0 Å². The van der Waals surface area contributed by atoms with Gasteiger partial charge in [-0.1, -0.05) is 18.2 Å². The molecule has 0 radical (unpaired) electrons. The molecule has 0 amide bonds. The van der Waals surface area contributed by atoms with Gasteiger partial charge in [-0.25, -0.2) is 13.6 Å². The van der Waals surface area contributed by atoms with Gasteiger partial charge in [0.05, 0.1) is 14.6 Å². The first-order chi connectivity index (χ1) is 15.9. The number of primary sulfonamides is 1. The fourth-order valence-electron chi connectivity index (χ4n) is 2.62. The lowest BCUT2D eigenvalue weighted by molar-refractivity contribution is 0.220. The van der Waals surface area contributed by atoms with Crippen LogP contribution in [0.2, 0.25) is 0 Å². The zero-order chi connectivity index (χ0) is 26.7. The molecule has 160 valence electrons. The Morgan fingerprint density at radius 2 is 1.93 bits per heavy atom. The van der Waals surface area contributed by atoms with Gasteiger partial charge in [-0.15, -0.1) is 0 Å². The van der Waals surface area contributed by atoms with Gasteiger partial charge in [0.25, 0.3) is 0 Å². The third-order valence-electron chi connectivity index (χ3n) is 3.84. The van der Waals surface area contributed by atoms with Gasteiger partial charge in [-0.2, -0.15) is 0 Å². The molecular weight excluding hydrogens is 392 g/mol. The molecule has 2 aromatic rings. The molecule has 0 aromatic heterocycles. The zero-order valence-electron chi connectivity index (χ0n) is 22.6. The third-order valence-corrected chi connectivity index (χ3v) is 4.77. The van der Waals surface area contributed by atoms with Crippen LogP contribution in [0, 0.1) is 0 Å². The minimum atomic E-state index is -4.00. The summed E-state index contributed by atoms with van der Waals surface area (Å²) in [5.41, 5.74) is 0.602. The van der Waals surface area contributed by atoms with E-state index in [1.54, 1.807) is 25.1 Å². The number of ether oxygens (including phenoxy) is 3.